The number of benzene rings is 2. The van der Waals surface area contributed by atoms with Gasteiger partial charge in [-0.05, 0) is 48.3 Å². The summed E-state index contributed by atoms with van der Waals surface area (Å²) >= 11 is 7.06. The van der Waals surface area contributed by atoms with E-state index in [0.717, 1.165) is 36.2 Å². The highest BCUT2D eigenvalue weighted by molar-refractivity contribution is 7.80. The Hall–Kier alpha value is -2.70. The van der Waals surface area contributed by atoms with Gasteiger partial charge in [-0.3, -0.25) is 0 Å². The summed E-state index contributed by atoms with van der Waals surface area (Å²) in [5, 5.41) is 7.63. The number of ether oxygens (including phenoxy) is 1. The molecular weight excluding hydrogens is 412 g/mol. The second kappa shape index (κ2) is 10.9. The van der Waals surface area contributed by atoms with Gasteiger partial charge in [-0.2, -0.15) is 0 Å². The second-order valence-electron chi connectivity index (χ2n) is 6.95. The van der Waals surface area contributed by atoms with Crippen LogP contribution in [0.5, 0.6) is 0 Å². The molecular formula is C24H26N2O2S2. The lowest BCUT2D eigenvalue weighted by Crippen LogP contribution is -2.20. The van der Waals surface area contributed by atoms with Gasteiger partial charge in [-0.1, -0.05) is 61.9 Å². The lowest BCUT2D eigenvalue weighted by molar-refractivity contribution is 0.0602. The van der Waals surface area contributed by atoms with Crippen LogP contribution in [0.3, 0.4) is 0 Å². The Bertz CT molecular complexity index is 999. The van der Waals surface area contributed by atoms with Gasteiger partial charge in [-0.15, -0.1) is 11.3 Å². The highest BCUT2D eigenvalue weighted by Crippen LogP contribution is 2.31. The van der Waals surface area contributed by atoms with Crippen molar-refractivity contribution < 1.29 is 9.53 Å². The number of thiophene rings is 1. The number of carbonyl (C=O) groups excluding carboxylic acids is 1. The summed E-state index contributed by atoms with van der Waals surface area (Å²) in [5.41, 5.74) is 3.90. The molecule has 0 atom stereocenters. The lowest BCUT2D eigenvalue weighted by Gasteiger charge is -2.14. The quantitative estimate of drug-likeness (QED) is 0.320. The maximum atomic E-state index is 12.3. The van der Waals surface area contributed by atoms with E-state index in [-0.39, 0.29) is 5.97 Å². The topological polar surface area (TPSA) is 50.4 Å². The number of methoxy groups -OCH3 is 1. The number of esters is 1. The summed E-state index contributed by atoms with van der Waals surface area (Å²) < 4.78 is 4.97. The van der Waals surface area contributed by atoms with E-state index < -0.39 is 0 Å². The maximum Gasteiger partial charge on any atom is 0.340 e. The zero-order chi connectivity index (χ0) is 21.3. The molecule has 0 radical (unpaired) electrons. The molecule has 0 fully saturated rings. The van der Waals surface area contributed by atoms with E-state index in [2.05, 4.69) is 35.8 Å². The van der Waals surface area contributed by atoms with Crippen LogP contribution in [-0.2, 0) is 17.6 Å². The molecule has 0 aliphatic carbocycles. The fraction of sp³-hybridized carbons (Fsp3) is 0.250. The van der Waals surface area contributed by atoms with E-state index >= 15 is 0 Å². The normalized spacial score (nSPS) is 10.5. The summed E-state index contributed by atoms with van der Waals surface area (Å²) in [5.74, 6) is -0.376. The van der Waals surface area contributed by atoms with Gasteiger partial charge in [0.15, 0.2) is 5.11 Å². The van der Waals surface area contributed by atoms with Crippen LogP contribution in [0.15, 0.2) is 60.7 Å². The molecule has 0 aliphatic rings. The minimum absolute atomic E-state index is 0.376. The van der Waals surface area contributed by atoms with Crippen LogP contribution in [0.4, 0.5) is 10.7 Å². The first-order valence-corrected chi connectivity index (χ1v) is 11.2. The SMILES string of the molecule is CCCCc1ccccc1NC(=S)Nc1sc(Cc2ccccc2)cc1C(=O)OC. The Labute approximate surface area is 187 Å². The average molecular weight is 439 g/mol. The number of anilines is 2. The van der Waals surface area contributed by atoms with Crippen molar-refractivity contribution in [3.8, 4) is 0 Å². The molecule has 0 saturated heterocycles. The van der Waals surface area contributed by atoms with Gasteiger partial charge in [0.2, 0.25) is 0 Å². The first-order valence-electron chi connectivity index (χ1n) is 10.0. The van der Waals surface area contributed by atoms with Crippen LogP contribution in [0.25, 0.3) is 0 Å². The average Bonchev–Trinajstić information content (AvgIpc) is 3.15. The van der Waals surface area contributed by atoms with Crippen LogP contribution < -0.4 is 10.6 Å². The number of carbonyl (C=O) groups is 1. The molecule has 3 rings (SSSR count). The molecule has 2 N–H and O–H groups in total. The third-order valence-electron chi connectivity index (χ3n) is 4.70. The van der Waals surface area contributed by atoms with Gasteiger partial charge >= 0.3 is 5.97 Å². The molecule has 30 heavy (non-hydrogen) atoms. The Morgan fingerprint density at radius 3 is 2.53 bits per heavy atom. The first-order chi connectivity index (χ1) is 14.6. The standard InChI is InChI=1S/C24H26N2O2S2/c1-3-4-12-18-13-8-9-14-21(18)25-24(29)26-22-20(23(27)28-2)16-19(30-22)15-17-10-6-5-7-11-17/h5-11,13-14,16H,3-4,12,15H2,1-2H3,(H2,25,26,29). The minimum Gasteiger partial charge on any atom is -0.465 e. The molecule has 0 saturated carbocycles. The number of para-hydroxylation sites is 1. The van der Waals surface area contributed by atoms with Crippen molar-refractivity contribution in [2.24, 2.45) is 0 Å². The molecule has 0 amide bonds. The zero-order valence-electron chi connectivity index (χ0n) is 17.2. The number of hydrogen-bond acceptors (Lipinski definition) is 4. The molecule has 0 bridgehead atoms. The third-order valence-corrected chi connectivity index (χ3v) is 5.96. The zero-order valence-corrected chi connectivity index (χ0v) is 18.9. The molecule has 6 heteroatoms. The molecule has 156 valence electrons. The van der Waals surface area contributed by atoms with Crippen molar-refractivity contribution in [2.75, 3.05) is 17.7 Å². The van der Waals surface area contributed by atoms with E-state index in [1.54, 1.807) is 0 Å². The van der Waals surface area contributed by atoms with Crippen molar-refractivity contribution >= 4 is 45.3 Å². The molecule has 1 aromatic heterocycles. The largest absolute Gasteiger partial charge is 0.465 e. The molecule has 1 heterocycles. The number of unbranched alkanes of at least 4 members (excludes halogenated alkanes) is 1. The van der Waals surface area contributed by atoms with Crippen molar-refractivity contribution in [3.63, 3.8) is 0 Å². The molecule has 0 unspecified atom stereocenters. The highest BCUT2D eigenvalue weighted by Gasteiger charge is 2.18. The van der Waals surface area contributed by atoms with Gasteiger partial charge in [0, 0.05) is 17.0 Å². The maximum absolute atomic E-state index is 12.3. The van der Waals surface area contributed by atoms with Gasteiger partial charge in [-0.25, -0.2) is 4.79 Å². The van der Waals surface area contributed by atoms with Crippen LogP contribution in [-0.4, -0.2) is 18.2 Å². The van der Waals surface area contributed by atoms with E-state index in [9.17, 15) is 4.79 Å². The van der Waals surface area contributed by atoms with E-state index in [1.165, 1.54) is 29.6 Å². The van der Waals surface area contributed by atoms with Crippen LogP contribution in [0.2, 0.25) is 0 Å². The predicted octanol–water partition coefficient (Wildman–Crippen LogP) is 6.28. The van der Waals surface area contributed by atoms with Crippen molar-refractivity contribution in [1.82, 2.24) is 0 Å². The molecule has 2 aromatic carbocycles. The van der Waals surface area contributed by atoms with E-state index in [0.29, 0.717) is 15.7 Å². The summed E-state index contributed by atoms with van der Waals surface area (Å²) in [6.07, 6.45) is 4.01. The van der Waals surface area contributed by atoms with E-state index in [1.807, 2.05) is 42.5 Å². The van der Waals surface area contributed by atoms with Crippen molar-refractivity contribution in [1.29, 1.82) is 0 Å². The molecule has 3 aromatic rings. The Kier molecular flexibility index (Phi) is 7.99. The van der Waals surface area contributed by atoms with Gasteiger partial charge in [0.25, 0.3) is 0 Å². The number of rotatable bonds is 8. The highest BCUT2D eigenvalue weighted by atomic mass is 32.1. The van der Waals surface area contributed by atoms with E-state index in [4.69, 9.17) is 17.0 Å². The molecule has 0 aliphatic heterocycles. The summed E-state index contributed by atoms with van der Waals surface area (Å²) in [6.45, 7) is 2.18. The summed E-state index contributed by atoms with van der Waals surface area (Å²) in [6, 6.07) is 20.2. The fourth-order valence-electron chi connectivity index (χ4n) is 3.16. The van der Waals surface area contributed by atoms with Gasteiger partial charge in [0.05, 0.1) is 12.7 Å². The second-order valence-corrected chi connectivity index (χ2v) is 8.49. The predicted molar refractivity (Wildman–Crippen MR) is 130 cm³/mol. The van der Waals surface area contributed by atoms with Gasteiger partial charge in [0.1, 0.15) is 5.00 Å². The van der Waals surface area contributed by atoms with Crippen LogP contribution in [0.1, 0.15) is 46.1 Å². The number of thiocarbonyl (C=S) groups is 1. The monoisotopic (exact) mass is 438 g/mol. The van der Waals surface area contributed by atoms with Gasteiger partial charge < -0.3 is 15.4 Å². The third kappa shape index (κ3) is 5.90. The lowest BCUT2D eigenvalue weighted by atomic mass is 10.1. The Balaban J connectivity index is 1.76. The minimum atomic E-state index is -0.376. The first kappa shape index (κ1) is 22.0. The number of hydrogen-bond donors (Lipinski definition) is 2. The van der Waals surface area contributed by atoms with Crippen molar-refractivity contribution in [2.45, 2.75) is 32.6 Å². The molecule has 4 nitrogen and oxygen atoms in total. The van der Waals surface area contributed by atoms with Crippen molar-refractivity contribution in [3.05, 3.63) is 82.2 Å². The number of nitrogens with one attached hydrogen (secondary N) is 2. The summed E-state index contributed by atoms with van der Waals surface area (Å²) in [4.78, 5) is 13.4. The fourth-order valence-corrected chi connectivity index (χ4v) is 4.52. The van der Waals surface area contributed by atoms with Crippen LogP contribution >= 0.6 is 23.6 Å². The molecule has 0 spiro atoms. The van der Waals surface area contributed by atoms with Crippen LogP contribution in [0, 0.1) is 0 Å². The Morgan fingerprint density at radius 2 is 1.80 bits per heavy atom. The summed E-state index contributed by atoms with van der Waals surface area (Å²) in [7, 11) is 1.39. The number of aryl methyl sites for hydroxylation is 1. The Morgan fingerprint density at radius 1 is 1.07 bits per heavy atom. The smallest absolute Gasteiger partial charge is 0.340 e.